The van der Waals surface area contributed by atoms with Crippen molar-refractivity contribution in [2.75, 3.05) is 0 Å². The maximum Gasteiger partial charge on any atom is 0.0545 e. The molecule has 0 saturated heterocycles. The van der Waals surface area contributed by atoms with Crippen molar-refractivity contribution in [2.45, 2.75) is 117 Å². The van der Waals surface area contributed by atoms with Crippen LogP contribution in [0.25, 0.3) is 0 Å². The molecule has 2 heteroatoms. The van der Waals surface area contributed by atoms with Gasteiger partial charge in [0.1, 0.15) is 0 Å². The van der Waals surface area contributed by atoms with E-state index < -0.39 is 0 Å². The van der Waals surface area contributed by atoms with Crippen LogP contribution < -0.4 is 0 Å². The maximum atomic E-state index is 10.6. The van der Waals surface area contributed by atoms with E-state index in [2.05, 4.69) is 27.7 Å². The van der Waals surface area contributed by atoms with Crippen LogP contribution in [0.15, 0.2) is 0 Å². The van der Waals surface area contributed by atoms with Crippen LogP contribution in [0, 0.1) is 35.5 Å². The Balaban J connectivity index is 2.00. The van der Waals surface area contributed by atoms with Crippen LogP contribution >= 0.6 is 0 Å². The predicted octanol–water partition coefficient (Wildman–Crippen LogP) is 6.19. The second-order valence-electron chi connectivity index (χ2n) is 10.2. The fourth-order valence-electron chi connectivity index (χ4n) is 6.11. The first-order valence-corrected chi connectivity index (χ1v) is 11.8. The molecule has 0 spiro atoms. The van der Waals surface area contributed by atoms with Crippen molar-refractivity contribution in [1.82, 2.24) is 0 Å². The molecule has 0 radical (unpaired) electrons. The molecule has 0 bridgehead atoms. The van der Waals surface area contributed by atoms with Gasteiger partial charge in [-0.1, -0.05) is 66.2 Å². The lowest BCUT2D eigenvalue weighted by atomic mass is 9.62. The van der Waals surface area contributed by atoms with Crippen molar-refractivity contribution < 1.29 is 10.2 Å². The molecule has 2 rings (SSSR count). The summed E-state index contributed by atoms with van der Waals surface area (Å²) in [7, 11) is 0. The molecule has 2 N–H and O–H groups in total. The van der Waals surface area contributed by atoms with E-state index in [-0.39, 0.29) is 12.2 Å². The highest BCUT2D eigenvalue weighted by Crippen LogP contribution is 2.46. The topological polar surface area (TPSA) is 40.5 Å². The minimum atomic E-state index is -0.117. The van der Waals surface area contributed by atoms with Crippen LogP contribution in [-0.2, 0) is 0 Å². The Morgan fingerprint density at radius 2 is 1.62 bits per heavy atom. The average Bonchev–Trinajstić information content (AvgIpc) is 2.58. The lowest BCUT2D eigenvalue weighted by molar-refractivity contribution is -0.0122. The van der Waals surface area contributed by atoms with E-state index in [1.165, 1.54) is 44.9 Å². The van der Waals surface area contributed by atoms with Gasteiger partial charge in [0.25, 0.3) is 0 Å². The molecule has 0 amide bonds. The van der Waals surface area contributed by atoms with E-state index in [0.717, 1.165) is 49.9 Å². The standard InChI is InChI=1S/C24H46O2/c1-5-7-17(2)8-6-9-20-15-22(26)16-24-19(4)11-12-21(25)14-18(3)10-13-23(20)24/h17-26H,5-16H2,1-4H3/t17?,18?,19?,20-,21-,22+,23-,24-/m1/s1. The highest BCUT2D eigenvalue weighted by molar-refractivity contribution is 4.89. The molecule has 2 saturated carbocycles. The minimum Gasteiger partial charge on any atom is -0.393 e. The summed E-state index contributed by atoms with van der Waals surface area (Å²) in [6.45, 7) is 9.40. The van der Waals surface area contributed by atoms with E-state index in [1.807, 2.05) is 0 Å². The molecule has 2 aliphatic rings. The van der Waals surface area contributed by atoms with Crippen molar-refractivity contribution in [1.29, 1.82) is 0 Å². The highest BCUT2D eigenvalue weighted by atomic mass is 16.3. The van der Waals surface area contributed by atoms with E-state index in [1.54, 1.807) is 0 Å². The first-order chi connectivity index (χ1) is 12.4. The van der Waals surface area contributed by atoms with Crippen LogP contribution in [0.3, 0.4) is 0 Å². The van der Waals surface area contributed by atoms with Gasteiger partial charge in [-0.05, 0) is 74.0 Å². The SMILES string of the molecule is CCCC(C)CCC[C@@H]1C[C@H](O)C[C@@H]2C(C)CC[C@@H](O)CC(C)CC[C@H]12. The van der Waals surface area contributed by atoms with Gasteiger partial charge in [-0.3, -0.25) is 0 Å². The molecule has 0 aromatic rings. The Morgan fingerprint density at radius 1 is 0.846 bits per heavy atom. The normalized spacial score (nSPS) is 40.6. The molecule has 0 aromatic heterocycles. The molecule has 2 aliphatic carbocycles. The molecule has 0 aromatic carbocycles. The Kier molecular flexibility index (Phi) is 9.44. The van der Waals surface area contributed by atoms with Gasteiger partial charge >= 0.3 is 0 Å². The molecule has 0 heterocycles. The van der Waals surface area contributed by atoms with Crippen molar-refractivity contribution in [3.63, 3.8) is 0 Å². The summed E-state index contributed by atoms with van der Waals surface area (Å²) in [5.41, 5.74) is 0. The molecule has 3 unspecified atom stereocenters. The van der Waals surface area contributed by atoms with Gasteiger partial charge in [-0.25, -0.2) is 0 Å². The van der Waals surface area contributed by atoms with E-state index in [0.29, 0.717) is 17.8 Å². The predicted molar refractivity (Wildman–Crippen MR) is 111 cm³/mol. The number of rotatable bonds is 6. The lowest BCUT2D eigenvalue weighted by Gasteiger charge is -2.45. The monoisotopic (exact) mass is 366 g/mol. The quantitative estimate of drug-likeness (QED) is 0.588. The van der Waals surface area contributed by atoms with Gasteiger partial charge < -0.3 is 10.2 Å². The molecule has 2 nitrogen and oxygen atoms in total. The van der Waals surface area contributed by atoms with E-state index in [4.69, 9.17) is 0 Å². The number of fused-ring (bicyclic) bond motifs is 1. The minimum absolute atomic E-state index is 0.0953. The first kappa shape index (κ1) is 22.2. The van der Waals surface area contributed by atoms with Gasteiger partial charge in [0.2, 0.25) is 0 Å². The average molecular weight is 367 g/mol. The van der Waals surface area contributed by atoms with Crippen LogP contribution in [0.4, 0.5) is 0 Å². The van der Waals surface area contributed by atoms with Crippen LogP contribution in [0.5, 0.6) is 0 Å². The number of hydrogen-bond donors (Lipinski definition) is 2. The largest absolute Gasteiger partial charge is 0.393 e. The third-order valence-electron chi connectivity index (χ3n) is 7.68. The molecule has 2 fully saturated rings. The van der Waals surface area contributed by atoms with Crippen LogP contribution in [0.1, 0.15) is 105 Å². The van der Waals surface area contributed by atoms with Gasteiger partial charge in [0, 0.05) is 0 Å². The fourth-order valence-corrected chi connectivity index (χ4v) is 6.11. The molecular weight excluding hydrogens is 320 g/mol. The Hall–Kier alpha value is -0.0800. The van der Waals surface area contributed by atoms with Gasteiger partial charge in [0.15, 0.2) is 0 Å². The zero-order chi connectivity index (χ0) is 19.1. The van der Waals surface area contributed by atoms with Crippen molar-refractivity contribution in [3.8, 4) is 0 Å². The van der Waals surface area contributed by atoms with E-state index >= 15 is 0 Å². The zero-order valence-electron chi connectivity index (χ0n) is 18.0. The summed E-state index contributed by atoms with van der Waals surface area (Å²) in [6, 6.07) is 0. The van der Waals surface area contributed by atoms with Crippen LogP contribution in [-0.4, -0.2) is 22.4 Å². The molecule has 154 valence electrons. The smallest absolute Gasteiger partial charge is 0.0545 e. The third kappa shape index (κ3) is 6.82. The molecular formula is C24H46O2. The zero-order valence-corrected chi connectivity index (χ0v) is 18.0. The van der Waals surface area contributed by atoms with Gasteiger partial charge in [-0.15, -0.1) is 0 Å². The van der Waals surface area contributed by atoms with Crippen LogP contribution in [0.2, 0.25) is 0 Å². The second-order valence-corrected chi connectivity index (χ2v) is 10.2. The highest BCUT2D eigenvalue weighted by Gasteiger charge is 2.39. The Morgan fingerprint density at radius 3 is 2.35 bits per heavy atom. The summed E-state index contributed by atoms with van der Waals surface area (Å²) in [6.07, 6.45) is 14.1. The summed E-state index contributed by atoms with van der Waals surface area (Å²) >= 11 is 0. The molecule has 8 atom stereocenters. The van der Waals surface area contributed by atoms with Gasteiger partial charge in [0.05, 0.1) is 12.2 Å². The van der Waals surface area contributed by atoms with Crippen molar-refractivity contribution in [3.05, 3.63) is 0 Å². The summed E-state index contributed by atoms with van der Waals surface area (Å²) in [4.78, 5) is 0. The van der Waals surface area contributed by atoms with Gasteiger partial charge in [-0.2, -0.15) is 0 Å². The maximum absolute atomic E-state index is 10.6. The molecule has 26 heavy (non-hydrogen) atoms. The Bertz CT molecular complexity index is 382. The number of aliphatic hydroxyl groups excluding tert-OH is 2. The van der Waals surface area contributed by atoms with E-state index in [9.17, 15) is 10.2 Å². The number of hydrogen-bond acceptors (Lipinski definition) is 2. The Labute approximate surface area is 163 Å². The fraction of sp³-hybridized carbons (Fsp3) is 1.00. The lowest BCUT2D eigenvalue weighted by Crippen LogP contribution is -2.39. The van der Waals surface area contributed by atoms with Crippen molar-refractivity contribution in [2.24, 2.45) is 35.5 Å². The third-order valence-corrected chi connectivity index (χ3v) is 7.68. The van der Waals surface area contributed by atoms with Crippen molar-refractivity contribution >= 4 is 0 Å². The number of aliphatic hydroxyl groups is 2. The summed E-state index contributed by atoms with van der Waals surface area (Å²) in [5, 5.41) is 20.9. The molecule has 0 aliphatic heterocycles. The summed E-state index contributed by atoms with van der Waals surface area (Å²) < 4.78 is 0. The summed E-state index contributed by atoms with van der Waals surface area (Å²) in [5.74, 6) is 4.31. The first-order valence-electron chi connectivity index (χ1n) is 11.8. The second kappa shape index (κ2) is 11.1.